The molecule has 3 N–H and O–H groups in total. The third kappa shape index (κ3) is 3.24. The molecule has 0 spiro atoms. The van der Waals surface area contributed by atoms with E-state index in [1.54, 1.807) is 0 Å². The number of hydrazine groups is 1. The number of fused-ring (bicyclic) bond motifs is 1. The lowest BCUT2D eigenvalue weighted by atomic mass is 9.98. The maximum atomic E-state index is 5.74. The molecule has 0 amide bonds. The number of hydrogen-bond acceptors (Lipinski definition) is 4. The summed E-state index contributed by atoms with van der Waals surface area (Å²) in [6.45, 7) is 0. The molecule has 21 heavy (non-hydrogen) atoms. The Hall–Kier alpha value is -2.30. The first kappa shape index (κ1) is 13.7. The molecule has 3 aromatic rings. The van der Waals surface area contributed by atoms with Gasteiger partial charge in [0.1, 0.15) is 0 Å². The van der Waals surface area contributed by atoms with E-state index < -0.39 is 0 Å². The fourth-order valence-corrected chi connectivity index (χ4v) is 2.52. The maximum absolute atomic E-state index is 5.74. The lowest BCUT2D eigenvalue weighted by Crippen LogP contribution is -2.28. The molecule has 1 atom stereocenters. The van der Waals surface area contributed by atoms with Gasteiger partial charge in [-0.2, -0.15) is 0 Å². The van der Waals surface area contributed by atoms with Crippen LogP contribution in [-0.4, -0.2) is 9.97 Å². The first-order chi connectivity index (χ1) is 10.4. The molecule has 3 rings (SSSR count). The number of nitrogens with one attached hydrogen (secondary N) is 1. The molecule has 0 aliphatic heterocycles. The SMILES string of the molecule is NNC(CCc1ccncc1)c1ccc2ncccc2c1. The normalized spacial score (nSPS) is 12.4. The summed E-state index contributed by atoms with van der Waals surface area (Å²) in [5.74, 6) is 5.74. The number of nitrogens with two attached hydrogens (primary N) is 1. The van der Waals surface area contributed by atoms with Gasteiger partial charge in [0, 0.05) is 30.0 Å². The summed E-state index contributed by atoms with van der Waals surface area (Å²) >= 11 is 0. The third-order valence-corrected chi connectivity index (χ3v) is 3.70. The molecule has 1 aromatic carbocycles. The van der Waals surface area contributed by atoms with E-state index in [-0.39, 0.29) is 6.04 Å². The summed E-state index contributed by atoms with van der Waals surface area (Å²) in [5.41, 5.74) is 6.38. The van der Waals surface area contributed by atoms with Crippen molar-refractivity contribution in [3.05, 3.63) is 72.2 Å². The zero-order valence-corrected chi connectivity index (χ0v) is 11.7. The highest BCUT2D eigenvalue weighted by Crippen LogP contribution is 2.22. The minimum absolute atomic E-state index is 0.128. The van der Waals surface area contributed by atoms with Gasteiger partial charge in [0.15, 0.2) is 0 Å². The summed E-state index contributed by atoms with van der Waals surface area (Å²) in [5, 5.41) is 1.14. The molecule has 106 valence electrons. The van der Waals surface area contributed by atoms with Crippen molar-refractivity contribution in [3.8, 4) is 0 Å². The van der Waals surface area contributed by atoms with E-state index >= 15 is 0 Å². The van der Waals surface area contributed by atoms with Crippen molar-refractivity contribution in [1.29, 1.82) is 0 Å². The van der Waals surface area contributed by atoms with Crippen LogP contribution >= 0.6 is 0 Å². The number of hydrogen-bond donors (Lipinski definition) is 2. The Balaban J connectivity index is 1.78. The van der Waals surface area contributed by atoms with Gasteiger partial charge in [-0.25, -0.2) is 0 Å². The van der Waals surface area contributed by atoms with E-state index in [0.29, 0.717) is 0 Å². The molecular weight excluding hydrogens is 260 g/mol. The predicted octanol–water partition coefficient (Wildman–Crippen LogP) is 2.77. The van der Waals surface area contributed by atoms with Crippen LogP contribution in [-0.2, 0) is 6.42 Å². The van der Waals surface area contributed by atoms with E-state index in [4.69, 9.17) is 5.84 Å². The second kappa shape index (κ2) is 6.43. The predicted molar refractivity (Wildman–Crippen MR) is 84.4 cm³/mol. The maximum Gasteiger partial charge on any atom is 0.0702 e. The smallest absolute Gasteiger partial charge is 0.0702 e. The molecule has 0 aliphatic carbocycles. The Labute approximate surface area is 124 Å². The fourth-order valence-electron chi connectivity index (χ4n) is 2.52. The van der Waals surface area contributed by atoms with Crippen molar-refractivity contribution in [2.75, 3.05) is 0 Å². The Morgan fingerprint density at radius 3 is 2.71 bits per heavy atom. The summed E-state index contributed by atoms with van der Waals surface area (Å²) < 4.78 is 0. The molecule has 2 heterocycles. The molecule has 0 fully saturated rings. The Bertz CT molecular complexity index is 712. The molecule has 2 aromatic heterocycles. The van der Waals surface area contributed by atoms with Crippen LogP contribution in [0.5, 0.6) is 0 Å². The second-order valence-electron chi connectivity index (χ2n) is 5.07. The Morgan fingerprint density at radius 2 is 1.90 bits per heavy atom. The number of benzene rings is 1. The van der Waals surface area contributed by atoms with Crippen LogP contribution in [0.1, 0.15) is 23.6 Å². The van der Waals surface area contributed by atoms with Crippen LogP contribution < -0.4 is 11.3 Å². The molecule has 0 radical (unpaired) electrons. The zero-order valence-electron chi connectivity index (χ0n) is 11.7. The third-order valence-electron chi connectivity index (χ3n) is 3.70. The highest BCUT2D eigenvalue weighted by atomic mass is 15.2. The summed E-state index contributed by atoms with van der Waals surface area (Å²) in [4.78, 5) is 8.38. The first-order valence-corrected chi connectivity index (χ1v) is 7.06. The van der Waals surface area contributed by atoms with Crippen LogP contribution in [0.15, 0.2) is 61.1 Å². The number of aryl methyl sites for hydroxylation is 1. The minimum Gasteiger partial charge on any atom is -0.271 e. The van der Waals surface area contributed by atoms with Gasteiger partial charge in [0.25, 0.3) is 0 Å². The molecule has 4 nitrogen and oxygen atoms in total. The monoisotopic (exact) mass is 278 g/mol. The molecule has 0 saturated heterocycles. The topological polar surface area (TPSA) is 63.8 Å². The number of pyridine rings is 2. The van der Waals surface area contributed by atoms with Gasteiger partial charge in [0.05, 0.1) is 5.52 Å². The van der Waals surface area contributed by atoms with Crippen molar-refractivity contribution >= 4 is 10.9 Å². The van der Waals surface area contributed by atoms with Gasteiger partial charge in [-0.1, -0.05) is 12.1 Å². The van der Waals surface area contributed by atoms with Crippen molar-refractivity contribution < 1.29 is 0 Å². The molecule has 0 bridgehead atoms. The second-order valence-corrected chi connectivity index (χ2v) is 5.07. The average Bonchev–Trinajstić information content (AvgIpc) is 2.56. The highest BCUT2D eigenvalue weighted by Gasteiger charge is 2.10. The van der Waals surface area contributed by atoms with Crippen LogP contribution in [0.3, 0.4) is 0 Å². The average molecular weight is 278 g/mol. The van der Waals surface area contributed by atoms with Crippen LogP contribution in [0.25, 0.3) is 10.9 Å². The molecule has 4 heteroatoms. The van der Waals surface area contributed by atoms with Gasteiger partial charge in [-0.05, 0) is 54.3 Å². The van der Waals surface area contributed by atoms with E-state index in [1.165, 1.54) is 11.1 Å². The molecule has 0 saturated carbocycles. The van der Waals surface area contributed by atoms with Crippen molar-refractivity contribution in [3.63, 3.8) is 0 Å². The Morgan fingerprint density at radius 1 is 1.05 bits per heavy atom. The number of aromatic nitrogens is 2. The van der Waals surface area contributed by atoms with Gasteiger partial charge < -0.3 is 0 Å². The van der Waals surface area contributed by atoms with Gasteiger partial charge in [-0.15, -0.1) is 0 Å². The minimum atomic E-state index is 0.128. The van der Waals surface area contributed by atoms with Gasteiger partial charge in [-0.3, -0.25) is 21.2 Å². The molecule has 0 aliphatic rings. The standard InChI is InChI=1S/C17H18N4/c18-21-17(5-3-13-7-10-19-11-8-13)15-4-6-16-14(12-15)2-1-9-20-16/h1-2,4,6-12,17,21H,3,5,18H2. The zero-order chi connectivity index (χ0) is 14.5. The summed E-state index contributed by atoms with van der Waals surface area (Å²) in [7, 11) is 0. The largest absolute Gasteiger partial charge is 0.271 e. The molecular formula is C17H18N4. The highest BCUT2D eigenvalue weighted by molar-refractivity contribution is 5.79. The van der Waals surface area contributed by atoms with E-state index in [0.717, 1.165) is 23.7 Å². The van der Waals surface area contributed by atoms with Crippen molar-refractivity contribution in [2.45, 2.75) is 18.9 Å². The van der Waals surface area contributed by atoms with E-state index in [9.17, 15) is 0 Å². The van der Waals surface area contributed by atoms with E-state index in [2.05, 4.69) is 33.6 Å². The van der Waals surface area contributed by atoms with Gasteiger partial charge in [0.2, 0.25) is 0 Å². The van der Waals surface area contributed by atoms with Crippen molar-refractivity contribution in [1.82, 2.24) is 15.4 Å². The van der Waals surface area contributed by atoms with Crippen LogP contribution in [0.2, 0.25) is 0 Å². The molecule has 1 unspecified atom stereocenters. The lowest BCUT2D eigenvalue weighted by molar-refractivity contribution is 0.517. The van der Waals surface area contributed by atoms with E-state index in [1.807, 2.05) is 42.9 Å². The fraction of sp³-hybridized carbons (Fsp3) is 0.176. The van der Waals surface area contributed by atoms with Crippen LogP contribution in [0.4, 0.5) is 0 Å². The summed E-state index contributed by atoms with van der Waals surface area (Å²) in [6, 6.07) is 14.5. The first-order valence-electron chi connectivity index (χ1n) is 7.06. The van der Waals surface area contributed by atoms with Gasteiger partial charge >= 0.3 is 0 Å². The van der Waals surface area contributed by atoms with Crippen molar-refractivity contribution in [2.24, 2.45) is 5.84 Å². The number of nitrogens with zero attached hydrogens (tertiary/aromatic N) is 2. The Kier molecular flexibility index (Phi) is 4.19. The van der Waals surface area contributed by atoms with Crippen LogP contribution in [0, 0.1) is 0 Å². The summed E-state index contributed by atoms with van der Waals surface area (Å²) in [6.07, 6.45) is 7.35. The quantitative estimate of drug-likeness (QED) is 0.556. The lowest BCUT2D eigenvalue weighted by Gasteiger charge is -2.17. The number of rotatable bonds is 5.